The lowest BCUT2D eigenvalue weighted by atomic mass is 10.1. The van der Waals surface area contributed by atoms with E-state index >= 15 is 0 Å². The summed E-state index contributed by atoms with van der Waals surface area (Å²) in [4.78, 5) is 18.7. The van der Waals surface area contributed by atoms with Crippen molar-refractivity contribution in [2.45, 2.75) is 44.9 Å². The van der Waals surface area contributed by atoms with Crippen LogP contribution >= 0.6 is 0 Å². The number of nitrogens with zero attached hydrogens (tertiary/aromatic N) is 3. The molecule has 0 spiro atoms. The van der Waals surface area contributed by atoms with E-state index in [0.29, 0.717) is 24.5 Å². The molecular formula is C14H16F3N5O. The number of hydrogen-bond donors (Lipinski definition) is 2. The minimum absolute atomic E-state index is 0.0512. The number of carbonyl (C=O) groups is 1. The maximum Gasteiger partial charge on any atom is 0.431 e. The first-order valence-electron chi connectivity index (χ1n) is 7.38. The molecule has 6 nitrogen and oxygen atoms in total. The van der Waals surface area contributed by atoms with Crippen molar-refractivity contribution in [2.24, 2.45) is 0 Å². The predicted molar refractivity (Wildman–Crippen MR) is 74.6 cm³/mol. The number of alkyl halides is 3. The van der Waals surface area contributed by atoms with Crippen molar-refractivity contribution in [3.05, 3.63) is 35.2 Å². The quantitative estimate of drug-likeness (QED) is 0.909. The number of aryl methyl sites for hydroxylation is 2. The number of aromatic nitrogens is 4. The predicted octanol–water partition coefficient (Wildman–Crippen LogP) is 2.45. The third-order valence-electron chi connectivity index (χ3n) is 3.79. The zero-order chi connectivity index (χ0) is 16.6. The topological polar surface area (TPSA) is 75.6 Å². The number of fused-ring (bicyclic) bond motifs is 1. The molecule has 2 N–H and O–H groups in total. The summed E-state index contributed by atoms with van der Waals surface area (Å²) in [5.41, 5.74) is -0.993. The van der Waals surface area contributed by atoms with Gasteiger partial charge in [-0.15, -0.1) is 0 Å². The maximum atomic E-state index is 12.6. The molecule has 0 saturated heterocycles. The van der Waals surface area contributed by atoms with E-state index in [9.17, 15) is 18.0 Å². The van der Waals surface area contributed by atoms with E-state index < -0.39 is 17.8 Å². The number of hydrogen-bond acceptors (Lipinski definition) is 3. The SMILES string of the molecule is CCc1nc2n(n1)CCC[C@H]2NC(=O)c1c[nH]c(C(F)(F)F)c1. The van der Waals surface area contributed by atoms with Gasteiger partial charge in [-0.3, -0.25) is 4.79 Å². The molecule has 3 heterocycles. The summed E-state index contributed by atoms with van der Waals surface area (Å²) in [6.45, 7) is 2.67. The third-order valence-corrected chi connectivity index (χ3v) is 3.79. The van der Waals surface area contributed by atoms with Crippen LogP contribution in [0.2, 0.25) is 0 Å². The van der Waals surface area contributed by atoms with Gasteiger partial charge in [-0.2, -0.15) is 18.3 Å². The van der Waals surface area contributed by atoms with Gasteiger partial charge in [-0.25, -0.2) is 9.67 Å². The van der Waals surface area contributed by atoms with Crippen molar-refractivity contribution in [1.82, 2.24) is 25.1 Å². The van der Waals surface area contributed by atoms with Crippen LogP contribution in [0.3, 0.4) is 0 Å². The second-order valence-corrected chi connectivity index (χ2v) is 5.43. The van der Waals surface area contributed by atoms with E-state index in [1.54, 1.807) is 4.68 Å². The first-order chi connectivity index (χ1) is 10.9. The number of nitrogens with one attached hydrogen (secondary N) is 2. The molecule has 9 heteroatoms. The van der Waals surface area contributed by atoms with Gasteiger partial charge >= 0.3 is 6.18 Å². The smallest absolute Gasteiger partial charge is 0.357 e. The lowest BCUT2D eigenvalue weighted by Crippen LogP contribution is -2.33. The van der Waals surface area contributed by atoms with Crippen LogP contribution in [0.4, 0.5) is 13.2 Å². The van der Waals surface area contributed by atoms with Gasteiger partial charge in [-0.05, 0) is 18.9 Å². The van der Waals surface area contributed by atoms with Crippen molar-refractivity contribution >= 4 is 5.91 Å². The molecule has 0 saturated carbocycles. The summed E-state index contributed by atoms with van der Waals surface area (Å²) in [6, 6.07) is 0.466. The largest absolute Gasteiger partial charge is 0.431 e. The Hall–Kier alpha value is -2.32. The first kappa shape index (κ1) is 15.6. The molecule has 0 unspecified atom stereocenters. The molecule has 23 heavy (non-hydrogen) atoms. The highest BCUT2D eigenvalue weighted by Gasteiger charge is 2.33. The highest BCUT2D eigenvalue weighted by molar-refractivity contribution is 5.94. The Kier molecular flexibility index (Phi) is 3.87. The molecule has 0 bridgehead atoms. The van der Waals surface area contributed by atoms with Crippen molar-refractivity contribution < 1.29 is 18.0 Å². The monoisotopic (exact) mass is 327 g/mol. The zero-order valence-electron chi connectivity index (χ0n) is 12.4. The number of carbonyl (C=O) groups excluding carboxylic acids is 1. The van der Waals surface area contributed by atoms with Crippen molar-refractivity contribution in [3.8, 4) is 0 Å². The standard InChI is InChI=1S/C14H16F3N5O/c1-2-11-20-12-9(4-3-5-22(12)21-11)19-13(23)8-6-10(18-7-8)14(15,16)17/h6-7,9,18H,2-5H2,1H3,(H,19,23)/t9-/m1/s1. The van der Waals surface area contributed by atoms with Crippen LogP contribution in [0.5, 0.6) is 0 Å². The van der Waals surface area contributed by atoms with E-state index in [1.165, 1.54) is 0 Å². The summed E-state index contributed by atoms with van der Waals surface area (Å²) in [5.74, 6) is 0.798. The van der Waals surface area contributed by atoms with Gasteiger partial charge in [-0.1, -0.05) is 6.92 Å². The van der Waals surface area contributed by atoms with Gasteiger partial charge in [0.15, 0.2) is 5.82 Å². The third kappa shape index (κ3) is 3.08. The molecule has 124 valence electrons. The van der Waals surface area contributed by atoms with Crippen molar-refractivity contribution in [3.63, 3.8) is 0 Å². The van der Waals surface area contributed by atoms with E-state index in [4.69, 9.17) is 0 Å². The fourth-order valence-electron chi connectivity index (χ4n) is 2.62. The number of halogens is 3. The molecule has 1 amide bonds. The number of aromatic amines is 1. The van der Waals surface area contributed by atoms with Crippen LogP contribution in [-0.4, -0.2) is 25.7 Å². The average Bonchev–Trinajstić information content (AvgIpc) is 3.13. The van der Waals surface area contributed by atoms with Crippen LogP contribution in [0.25, 0.3) is 0 Å². The maximum absolute atomic E-state index is 12.6. The normalized spacial score (nSPS) is 17.8. The Morgan fingerprint density at radius 1 is 1.52 bits per heavy atom. The highest BCUT2D eigenvalue weighted by Crippen LogP contribution is 2.29. The molecule has 2 aromatic rings. The average molecular weight is 327 g/mol. The van der Waals surface area contributed by atoms with Crippen LogP contribution in [0.1, 0.15) is 53.5 Å². The Labute approximate surface area is 130 Å². The summed E-state index contributed by atoms with van der Waals surface area (Å²) in [5, 5.41) is 7.08. The van der Waals surface area contributed by atoms with Gasteiger partial charge in [0.1, 0.15) is 11.5 Å². The second-order valence-electron chi connectivity index (χ2n) is 5.43. The molecule has 0 fully saturated rings. The summed E-state index contributed by atoms with van der Waals surface area (Å²) >= 11 is 0. The van der Waals surface area contributed by atoms with Gasteiger partial charge in [0, 0.05) is 19.2 Å². The van der Waals surface area contributed by atoms with Gasteiger partial charge in [0.05, 0.1) is 11.6 Å². The molecule has 1 atom stereocenters. The number of amides is 1. The Morgan fingerprint density at radius 2 is 2.30 bits per heavy atom. The molecule has 0 aromatic carbocycles. The summed E-state index contributed by atoms with van der Waals surface area (Å²) in [6.07, 6.45) is -1.24. The molecule has 2 aromatic heterocycles. The fourth-order valence-corrected chi connectivity index (χ4v) is 2.62. The molecular weight excluding hydrogens is 311 g/mol. The van der Waals surface area contributed by atoms with E-state index in [-0.39, 0.29) is 11.6 Å². The minimum atomic E-state index is -4.50. The van der Waals surface area contributed by atoms with Crippen LogP contribution in [0.15, 0.2) is 12.3 Å². The van der Waals surface area contributed by atoms with Gasteiger partial charge in [0.2, 0.25) is 0 Å². The van der Waals surface area contributed by atoms with Gasteiger partial charge < -0.3 is 10.3 Å². The van der Waals surface area contributed by atoms with Gasteiger partial charge in [0.25, 0.3) is 5.91 Å². The Balaban J connectivity index is 1.76. The molecule has 1 aliphatic rings. The first-order valence-corrected chi connectivity index (χ1v) is 7.38. The molecule has 0 aliphatic carbocycles. The summed E-state index contributed by atoms with van der Waals surface area (Å²) < 4.78 is 39.5. The van der Waals surface area contributed by atoms with E-state index in [0.717, 1.165) is 25.2 Å². The fraction of sp³-hybridized carbons (Fsp3) is 0.500. The molecule has 1 aliphatic heterocycles. The molecule has 3 rings (SSSR count). The van der Waals surface area contributed by atoms with E-state index in [2.05, 4.69) is 20.4 Å². The number of H-pyrrole nitrogens is 1. The zero-order valence-corrected chi connectivity index (χ0v) is 12.4. The lowest BCUT2D eigenvalue weighted by Gasteiger charge is -2.22. The second kappa shape index (κ2) is 5.71. The lowest BCUT2D eigenvalue weighted by molar-refractivity contribution is -0.140. The minimum Gasteiger partial charge on any atom is -0.357 e. The number of rotatable bonds is 3. The van der Waals surface area contributed by atoms with Crippen LogP contribution in [0, 0.1) is 0 Å². The van der Waals surface area contributed by atoms with E-state index in [1.807, 2.05) is 6.92 Å². The van der Waals surface area contributed by atoms with Crippen molar-refractivity contribution in [2.75, 3.05) is 0 Å². The molecule has 0 radical (unpaired) electrons. The van der Waals surface area contributed by atoms with Crippen LogP contribution in [-0.2, 0) is 19.1 Å². The van der Waals surface area contributed by atoms with Crippen molar-refractivity contribution in [1.29, 1.82) is 0 Å². The highest BCUT2D eigenvalue weighted by atomic mass is 19.4. The van der Waals surface area contributed by atoms with Crippen LogP contribution < -0.4 is 5.32 Å². The Bertz CT molecular complexity index is 718. The summed E-state index contributed by atoms with van der Waals surface area (Å²) in [7, 11) is 0. The Morgan fingerprint density at radius 3 is 2.96 bits per heavy atom.